The van der Waals surface area contributed by atoms with Crippen LogP contribution in [0.4, 0.5) is 4.79 Å². The molecule has 1 saturated heterocycles. The molecule has 180 valence electrons. The average molecular weight is 457 g/mol. The molecule has 0 spiro atoms. The number of nitrogens with one attached hydrogen (secondary N) is 1. The Morgan fingerprint density at radius 1 is 1.21 bits per heavy atom. The lowest BCUT2D eigenvalue weighted by atomic mass is 9.91. The van der Waals surface area contributed by atoms with Crippen LogP contribution in [-0.4, -0.2) is 78.5 Å². The Bertz CT molecular complexity index is 942. The van der Waals surface area contributed by atoms with Gasteiger partial charge in [-0.15, -0.1) is 0 Å². The number of ether oxygens (including phenoxy) is 1. The Morgan fingerprint density at radius 3 is 2.52 bits per heavy atom. The first-order valence-electron chi connectivity index (χ1n) is 11.7. The van der Waals surface area contributed by atoms with Crippen LogP contribution in [0.25, 0.3) is 0 Å². The average Bonchev–Trinajstić information content (AvgIpc) is 2.77. The van der Waals surface area contributed by atoms with Crippen molar-refractivity contribution in [2.24, 2.45) is 5.92 Å². The molecular weight excluding hydrogens is 420 g/mol. The van der Waals surface area contributed by atoms with E-state index in [9.17, 15) is 14.4 Å². The van der Waals surface area contributed by atoms with Crippen molar-refractivity contribution in [3.8, 4) is 0 Å². The number of amides is 3. The number of carbonyl (C=O) groups is 3. The van der Waals surface area contributed by atoms with Crippen LogP contribution in [0.15, 0.2) is 35.5 Å². The minimum atomic E-state index is -0.579. The van der Waals surface area contributed by atoms with E-state index in [0.29, 0.717) is 37.4 Å². The van der Waals surface area contributed by atoms with Crippen molar-refractivity contribution < 1.29 is 19.1 Å². The van der Waals surface area contributed by atoms with Crippen LogP contribution >= 0.6 is 0 Å². The topological polar surface area (TPSA) is 82.2 Å². The zero-order valence-electron chi connectivity index (χ0n) is 20.6. The molecule has 0 bridgehead atoms. The molecule has 0 aliphatic carbocycles. The van der Waals surface area contributed by atoms with Gasteiger partial charge in [0.15, 0.2) is 0 Å². The summed E-state index contributed by atoms with van der Waals surface area (Å²) in [6.45, 7) is 12.3. The predicted octanol–water partition coefficient (Wildman–Crippen LogP) is 2.70. The first-order valence-corrected chi connectivity index (χ1v) is 11.7. The van der Waals surface area contributed by atoms with E-state index in [0.717, 1.165) is 11.1 Å². The summed E-state index contributed by atoms with van der Waals surface area (Å²) in [6.07, 6.45) is 0. The highest BCUT2D eigenvalue weighted by Crippen LogP contribution is 2.33. The van der Waals surface area contributed by atoms with Crippen LogP contribution in [0.5, 0.6) is 0 Å². The molecule has 0 unspecified atom stereocenters. The molecule has 0 saturated carbocycles. The van der Waals surface area contributed by atoms with Crippen LogP contribution in [0, 0.1) is 12.8 Å². The number of nitrogens with zero attached hydrogens (tertiary/aromatic N) is 3. The maximum absolute atomic E-state index is 13.1. The Kier molecular flexibility index (Phi) is 7.79. The molecular formula is C25H36N4O4. The number of hydrogen-bond acceptors (Lipinski definition) is 5. The molecule has 0 aromatic heterocycles. The number of carbonyl (C=O) groups excluding carboxylic acids is 3. The van der Waals surface area contributed by atoms with Gasteiger partial charge in [0.25, 0.3) is 0 Å². The van der Waals surface area contributed by atoms with Crippen molar-refractivity contribution in [3.63, 3.8) is 0 Å². The van der Waals surface area contributed by atoms with E-state index in [4.69, 9.17) is 4.74 Å². The van der Waals surface area contributed by atoms with Gasteiger partial charge in [-0.2, -0.15) is 0 Å². The summed E-state index contributed by atoms with van der Waals surface area (Å²) in [5.74, 6) is -0.309. The minimum Gasteiger partial charge on any atom is -0.463 e. The first-order chi connectivity index (χ1) is 15.6. The maximum atomic E-state index is 13.1. The molecule has 1 N–H and O–H groups in total. The fourth-order valence-corrected chi connectivity index (χ4v) is 4.59. The third kappa shape index (κ3) is 5.21. The Hall–Kier alpha value is -2.87. The van der Waals surface area contributed by atoms with Crippen LogP contribution in [-0.2, 0) is 14.3 Å². The molecule has 8 heteroatoms. The number of aryl methyl sites for hydroxylation is 1. The second-order valence-corrected chi connectivity index (χ2v) is 9.15. The zero-order chi connectivity index (χ0) is 24.3. The Balaban J connectivity index is 1.95. The normalized spacial score (nSPS) is 22.0. The number of rotatable bonds is 6. The van der Waals surface area contributed by atoms with Crippen LogP contribution in [0.3, 0.4) is 0 Å². The molecule has 8 nitrogen and oxygen atoms in total. The van der Waals surface area contributed by atoms with Gasteiger partial charge in [-0.25, -0.2) is 9.59 Å². The molecule has 1 fully saturated rings. The van der Waals surface area contributed by atoms with E-state index in [1.807, 2.05) is 56.9 Å². The lowest BCUT2D eigenvalue weighted by Gasteiger charge is -2.43. The van der Waals surface area contributed by atoms with Gasteiger partial charge in [-0.1, -0.05) is 38.1 Å². The van der Waals surface area contributed by atoms with E-state index in [1.165, 1.54) is 4.90 Å². The minimum absolute atomic E-state index is 0.0415. The van der Waals surface area contributed by atoms with Crippen molar-refractivity contribution in [2.45, 2.75) is 46.7 Å². The number of piperazine rings is 1. The second-order valence-electron chi connectivity index (χ2n) is 9.15. The van der Waals surface area contributed by atoms with E-state index in [2.05, 4.69) is 10.2 Å². The fourth-order valence-electron chi connectivity index (χ4n) is 4.59. The summed E-state index contributed by atoms with van der Waals surface area (Å²) < 4.78 is 5.43. The summed E-state index contributed by atoms with van der Waals surface area (Å²) in [5, 5.41) is 2.98. The van der Waals surface area contributed by atoms with Crippen molar-refractivity contribution in [2.75, 3.05) is 39.8 Å². The van der Waals surface area contributed by atoms with E-state index in [1.54, 1.807) is 14.0 Å². The fraction of sp³-hybridized carbons (Fsp3) is 0.560. The quantitative estimate of drug-likeness (QED) is 0.666. The molecule has 3 amide bonds. The van der Waals surface area contributed by atoms with Gasteiger partial charge < -0.3 is 15.0 Å². The lowest BCUT2D eigenvalue weighted by molar-refractivity contribution is -0.139. The first kappa shape index (κ1) is 24.8. The summed E-state index contributed by atoms with van der Waals surface area (Å²) >= 11 is 0. The van der Waals surface area contributed by atoms with Crippen LogP contribution in [0.1, 0.15) is 44.9 Å². The molecule has 2 aliphatic rings. The van der Waals surface area contributed by atoms with Crippen molar-refractivity contribution in [1.29, 1.82) is 0 Å². The Morgan fingerprint density at radius 2 is 1.91 bits per heavy atom. The van der Waals surface area contributed by atoms with Crippen LogP contribution < -0.4 is 5.32 Å². The summed E-state index contributed by atoms with van der Waals surface area (Å²) in [6, 6.07) is 6.95. The lowest BCUT2D eigenvalue weighted by Crippen LogP contribution is -2.56. The maximum Gasteiger partial charge on any atom is 0.338 e. The monoisotopic (exact) mass is 456 g/mol. The summed E-state index contributed by atoms with van der Waals surface area (Å²) in [5.41, 5.74) is 2.96. The number of urea groups is 1. The highest BCUT2D eigenvalue weighted by Gasteiger charge is 2.38. The van der Waals surface area contributed by atoms with Gasteiger partial charge in [0.05, 0.1) is 18.2 Å². The number of benzene rings is 1. The highest BCUT2D eigenvalue weighted by atomic mass is 16.5. The van der Waals surface area contributed by atoms with Crippen molar-refractivity contribution >= 4 is 17.9 Å². The standard InChI is InChI=1S/C25H36N4O4/c1-7-33-24(31)21-20(15-28-12-13-29(18(5)14-28)23(30)16(2)3)27(6)25(32)26-22(21)19-11-9-8-10-17(19)4/h8-11,16,18,22H,7,12-15H2,1-6H3,(H,26,32)/t18-,22-/m0/s1. The van der Waals surface area contributed by atoms with Gasteiger partial charge in [0, 0.05) is 50.9 Å². The van der Waals surface area contributed by atoms with Gasteiger partial charge in [-0.05, 0) is 31.9 Å². The highest BCUT2D eigenvalue weighted by molar-refractivity contribution is 5.95. The number of esters is 1. The van der Waals surface area contributed by atoms with Crippen molar-refractivity contribution in [1.82, 2.24) is 20.0 Å². The van der Waals surface area contributed by atoms with Gasteiger partial charge in [0.1, 0.15) is 0 Å². The molecule has 2 heterocycles. The predicted molar refractivity (Wildman–Crippen MR) is 126 cm³/mol. The molecule has 2 atom stereocenters. The van der Waals surface area contributed by atoms with E-state index in [-0.39, 0.29) is 30.5 Å². The Labute approximate surface area is 196 Å². The molecule has 1 aromatic rings. The van der Waals surface area contributed by atoms with Gasteiger partial charge in [-0.3, -0.25) is 14.6 Å². The molecule has 33 heavy (non-hydrogen) atoms. The third-order valence-corrected chi connectivity index (χ3v) is 6.43. The molecule has 0 radical (unpaired) electrons. The van der Waals surface area contributed by atoms with E-state index >= 15 is 0 Å². The zero-order valence-corrected chi connectivity index (χ0v) is 20.6. The second kappa shape index (κ2) is 10.4. The van der Waals surface area contributed by atoms with E-state index < -0.39 is 12.0 Å². The summed E-state index contributed by atoms with van der Waals surface area (Å²) in [4.78, 5) is 44.2. The van der Waals surface area contributed by atoms with Gasteiger partial charge in [0.2, 0.25) is 5.91 Å². The largest absolute Gasteiger partial charge is 0.463 e. The third-order valence-electron chi connectivity index (χ3n) is 6.43. The van der Waals surface area contributed by atoms with Crippen LogP contribution in [0.2, 0.25) is 0 Å². The summed E-state index contributed by atoms with van der Waals surface area (Å²) in [7, 11) is 1.68. The number of hydrogen-bond donors (Lipinski definition) is 1. The molecule has 1 aromatic carbocycles. The number of likely N-dealkylation sites (N-methyl/N-ethyl adjacent to an activating group) is 1. The molecule has 2 aliphatic heterocycles. The van der Waals surface area contributed by atoms with Gasteiger partial charge >= 0.3 is 12.0 Å². The van der Waals surface area contributed by atoms with Crippen molar-refractivity contribution in [3.05, 3.63) is 46.7 Å². The smallest absolute Gasteiger partial charge is 0.338 e. The SMILES string of the molecule is CCOC(=O)C1=C(CN2CCN(C(=O)C(C)C)[C@@H](C)C2)N(C)C(=O)N[C@H]1c1ccccc1C. The molecule has 3 rings (SSSR count).